The lowest BCUT2D eigenvalue weighted by Crippen LogP contribution is -2.39. The molecule has 0 aliphatic heterocycles. The number of carbonyl (C=O) groups is 1. The van der Waals surface area contributed by atoms with E-state index in [1.54, 1.807) is 24.3 Å². The highest BCUT2D eigenvalue weighted by Crippen LogP contribution is 2.12. The molecule has 1 unspecified atom stereocenters. The zero-order valence-corrected chi connectivity index (χ0v) is 13.4. The van der Waals surface area contributed by atoms with Crippen molar-refractivity contribution in [1.29, 1.82) is 5.26 Å². The number of hydrogen-bond donors (Lipinski definition) is 2. The van der Waals surface area contributed by atoms with Gasteiger partial charge in [0, 0.05) is 23.8 Å². The van der Waals surface area contributed by atoms with E-state index in [9.17, 15) is 4.79 Å². The molecule has 0 fully saturated rings. The first-order valence-electron chi connectivity index (χ1n) is 7.70. The van der Waals surface area contributed by atoms with Crippen molar-refractivity contribution in [3.63, 3.8) is 0 Å². The van der Waals surface area contributed by atoms with Crippen molar-refractivity contribution in [2.24, 2.45) is 5.92 Å². The van der Waals surface area contributed by atoms with Crippen molar-refractivity contribution >= 4 is 11.6 Å². The molecule has 23 heavy (non-hydrogen) atoms. The third kappa shape index (κ3) is 4.86. The molecule has 2 aromatic rings. The summed E-state index contributed by atoms with van der Waals surface area (Å²) >= 11 is 0. The minimum absolute atomic E-state index is 0.130. The summed E-state index contributed by atoms with van der Waals surface area (Å²) in [5.74, 6) is 0.242. The predicted octanol–water partition coefficient (Wildman–Crippen LogP) is 3.42. The van der Waals surface area contributed by atoms with Crippen LogP contribution in [0.5, 0.6) is 0 Å². The van der Waals surface area contributed by atoms with Crippen LogP contribution in [0.1, 0.15) is 29.8 Å². The van der Waals surface area contributed by atoms with Crippen LogP contribution in [0.25, 0.3) is 0 Å². The minimum atomic E-state index is -0.130. The fourth-order valence-electron chi connectivity index (χ4n) is 2.20. The van der Waals surface area contributed by atoms with Crippen LogP contribution in [-0.2, 0) is 0 Å². The SMILES string of the molecule is CC(C)C(CNC(=O)c1ccc(C#N)cc1)Nc1ccccc1. The Labute approximate surface area is 137 Å². The minimum Gasteiger partial charge on any atom is -0.380 e. The molecule has 118 valence electrons. The van der Waals surface area contributed by atoms with Crippen molar-refractivity contribution in [3.05, 3.63) is 65.7 Å². The summed E-state index contributed by atoms with van der Waals surface area (Å²) in [6.45, 7) is 4.77. The lowest BCUT2D eigenvalue weighted by atomic mass is 10.0. The average Bonchev–Trinajstić information content (AvgIpc) is 2.59. The van der Waals surface area contributed by atoms with Crippen LogP contribution in [-0.4, -0.2) is 18.5 Å². The number of hydrogen-bond acceptors (Lipinski definition) is 3. The first kappa shape index (κ1) is 16.6. The fraction of sp³-hybridized carbons (Fsp3) is 0.263. The lowest BCUT2D eigenvalue weighted by molar-refractivity contribution is 0.0950. The van der Waals surface area contributed by atoms with Gasteiger partial charge in [0.25, 0.3) is 5.91 Å². The summed E-state index contributed by atoms with van der Waals surface area (Å²) < 4.78 is 0. The lowest BCUT2D eigenvalue weighted by Gasteiger charge is -2.24. The van der Waals surface area contributed by atoms with E-state index >= 15 is 0 Å². The van der Waals surface area contributed by atoms with Gasteiger partial charge in [-0.15, -0.1) is 0 Å². The quantitative estimate of drug-likeness (QED) is 0.859. The van der Waals surface area contributed by atoms with E-state index in [1.165, 1.54) is 0 Å². The third-order valence-corrected chi connectivity index (χ3v) is 3.69. The Morgan fingerprint density at radius 3 is 2.30 bits per heavy atom. The largest absolute Gasteiger partial charge is 0.380 e. The molecule has 0 aliphatic carbocycles. The molecular formula is C19H21N3O. The summed E-state index contributed by atoms with van der Waals surface area (Å²) in [4.78, 5) is 12.2. The maximum absolute atomic E-state index is 12.2. The van der Waals surface area contributed by atoms with Crippen LogP contribution < -0.4 is 10.6 Å². The van der Waals surface area contributed by atoms with E-state index in [2.05, 4.69) is 24.5 Å². The molecule has 0 aliphatic rings. The zero-order valence-electron chi connectivity index (χ0n) is 13.4. The van der Waals surface area contributed by atoms with Crippen molar-refractivity contribution in [3.8, 4) is 6.07 Å². The first-order valence-corrected chi connectivity index (χ1v) is 7.70. The number of para-hydroxylation sites is 1. The summed E-state index contributed by atoms with van der Waals surface area (Å²) in [6, 6.07) is 18.8. The van der Waals surface area contributed by atoms with Crippen LogP contribution in [0.3, 0.4) is 0 Å². The van der Waals surface area contributed by atoms with Gasteiger partial charge in [-0.2, -0.15) is 5.26 Å². The molecule has 2 rings (SSSR count). The molecule has 4 nitrogen and oxygen atoms in total. The molecular weight excluding hydrogens is 286 g/mol. The Bertz CT molecular complexity index is 672. The van der Waals surface area contributed by atoms with Gasteiger partial charge in [-0.05, 0) is 42.3 Å². The highest BCUT2D eigenvalue weighted by molar-refractivity contribution is 5.94. The summed E-state index contributed by atoms with van der Waals surface area (Å²) in [6.07, 6.45) is 0. The molecule has 0 spiro atoms. The molecule has 1 amide bonds. The molecule has 0 aromatic heterocycles. The number of benzene rings is 2. The van der Waals surface area contributed by atoms with Crippen LogP contribution in [0.4, 0.5) is 5.69 Å². The second-order valence-electron chi connectivity index (χ2n) is 5.76. The number of rotatable bonds is 6. The number of nitrogens with one attached hydrogen (secondary N) is 2. The van der Waals surface area contributed by atoms with Crippen LogP contribution >= 0.6 is 0 Å². The molecule has 2 aromatic carbocycles. The van der Waals surface area contributed by atoms with Crippen LogP contribution in [0.2, 0.25) is 0 Å². The Balaban J connectivity index is 1.95. The molecule has 1 atom stereocenters. The molecule has 2 N–H and O–H groups in total. The summed E-state index contributed by atoms with van der Waals surface area (Å²) in [5.41, 5.74) is 2.15. The molecule has 0 heterocycles. The van der Waals surface area contributed by atoms with Crippen molar-refractivity contribution < 1.29 is 4.79 Å². The maximum Gasteiger partial charge on any atom is 0.251 e. The van der Waals surface area contributed by atoms with Gasteiger partial charge in [-0.25, -0.2) is 0 Å². The van der Waals surface area contributed by atoms with E-state index in [0.717, 1.165) is 5.69 Å². The first-order chi connectivity index (χ1) is 11.1. The highest BCUT2D eigenvalue weighted by atomic mass is 16.1. The van der Waals surface area contributed by atoms with Gasteiger partial charge in [0.15, 0.2) is 0 Å². The van der Waals surface area contributed by atoms with Gasteiger partial charge in [-0.3, -0.25) is 4.79 Å². The number of anilines is 1. The topological polar surface area (TPSA) is 64.9 Å². The predicted molar refractivity (Wildman–Crippen MR) is 92.2 cm³/mol. The van der Waals surface area contributed by atoms with E-state index in [4.69, 9.17) is 5.26 Å². The van der Waals surface area contributed by atoms with Gasteiger partial charge in [-0.1, -0.05) is 32.0 Å². The van der Waals surface area contributed by atoms with Crippen LogP contribution in [0, 0.1) is 17.2 Å². The molecule has 4 heteroatoms. The summed E-state index contributed by atoms with van der Waals surface area (Å²) in [7, 11) is 0. The Hall–Kier alpha value is -2.80. The second-order valence-corrected chi connectivity index (χ2v) is 5.76. The van der Waals surface area contributed by atoms with Gasteiger partial charge in [0.1, 0.15) is 0 Å². The third-order valence-electron chi connectivity index (χ3n) is 3.69. The van der Waals surface area contributed by atoms with E-state index in [1.807, 2.05) is 36.4 Å². The van der Waals surface area contributed by atoms with Gasteiger partial charge >= 0.3 is 0 Å². The Morgan fingerprint density at radius 2 is 1.74 bits per heavy atom. The zero-order chi connectivity index (χ0) is 16.7. The number of amides is 1. The van der Waals surface area contributed by atoms with Gasteiger partial charge < -0.3 is 10.6 Å². The molecule has 0 radical (unpaired) electrons. The van der Waals surface area contributed by atoms with E-state index in [-0.39, 0.29) is 11.9 Å². The summed E-state index contributed by atoms with van der Waals surface area (Å²) in [5, 5.41) is 15.2. The van der Waals surface area contributed by atoms with E-state index < -0.39 is 0 Å². The molecule has 0 bridgehead atoms. The van der Waals surface area contributed by atoms with Gasteiger partial charge in [0.05, 0.1) is 11.6 Å². The van der Waals surface area contributed by atoms with Crippen molar-refractivity contribution in [1.82, 2.24) is 5.32 Å². The monoisotopic (exact) mass is 307 g/mol. The fourth-order valence-corrected chi connectivity index (χ4v) is 2.20. The highest BCUT2D eigenvalue weighted by Gasteiger charge is 2.15. The number of nitrogens with zero attached hydrogens (tertiary/aromatic N) is 1. The van der Waals surface area contributed by atoms with Crippen molar-refractivity contribution in [2.45, 2.75) is 19.9 Å². The number of carbonyl (C=O) groups excluding carboxylic acids is 1. The normalized spacial score (nSPS) is 11.6. The van der Waals surface area contributed by atoms with Crippen molar-refractivity contribution in [2.75, 3.05) is 11.9 Å². The molecule has 0 saturated carbocycles. The molecule has 0 saturated heterocycles. The average molecular weight is 307 g/mol. The Kier molecular flexibility index (Phi) is 5.76. The van der Waals surface area contributed by atoms with E-state index in [0.29, 0.717) is 23.6 Å². The second kappa shape index (κ2) is 8.00. The smallest absolute Gasteiger partial charge is 0.251 e. The number of nitriles is 1. The van der Waals surface area contributed by atoms with Crippen LogP contribution in [0.15, 0.2) is 54.6 Å². The Morgan fingerprint density at radius 1 is 1.09 bits per heavy atom. The maximum atomic E-state index is 12.2. The standard InChI is InChI=1S/C19H21N3O/c1-14(2)18(22-17-6-4-3-5-7-17)13-21-19(23)16-10-8-15(12-20)9-11-16/h3-11,14,18,22H,13H2,1-2H3,(H,21,23). The van der Waals surface area contributed by atoms with Gasteiger partial charge in [0.2, 0.25) is 0 Å².